The predicted molar refractivity (Wildman–Crippen MR) is 120 cm³/mol. The Morgan fingerprint density at radius 2 is 1.77 bits per heavy atom. The number of hydrogen-bond acceptors (Lipinski definition) is 4. The number of nitrogens with zero attached hydrogens (tertiary/aromatic N) is 1. The highest BCUT2D eigenvalue weighted by atomic mass is 32.2. The smallest absolute Gasteiger partial charge is 0.258 e. The number of sulfonamides is 1. The van der Waals surface area contributed by atoms with Gasteiger partial charge in [0.2, 0.25) is 10.0 Å². The molecule has 3 aromatic carbocycles. The summed E-state index contributed by atoms with van der Waals surface area (Å²) >= 11 is 0. The number of methoxy groups -OCH3 is 1. The SMILES string of the molecule is COc1ccc(S(=O)(=O)NCc2ccc3c(c2)N(C(=O)c2ccccc2)[C@@H](C)C3)cc1. The Labute approximate surface area is 182 Å². The van der Waals surface area contributed by atoms with Gasteiger partial charge in [0.25, 0.3) is 5.91 Å². The summed E-state index contributed by atoms with van der Waals surface area (Å²) in [5.74, 6) is 0.540. The van der Waals surface area contributed by atoms with Crippen LogP contribution in [-0.2, 0) is 23.0 Å². The molecule has 160 valence electrons. The van der Waals surface area contributed by atoms with Gasteiger partial charge >= 0.3 is 0 Å². The van der Waals surface area contributed by atoms with Gasteiger partial charge in [-0.3, -0.25) is 4.79 Å². The number of benzene rings is 3. The van der Waals surface area contributed by atoms with E-state index in [1.54, 1.807) is 29.2 Å². The Balaban J connectivity index is 1.54. The lowest BCUT2D eigenvalue weighted by Crippen LogP contribution is -2.35. The third-order valence-electron chi connectivity index (χ3n) is 5.44. The van der Waals surface area contributed by atoms with Gasteiger partial charge in [-0.2, -0.15) is 0 Å². The zero-order valence-electron chi connectivity index (χ0n) is 17.4. The molecule has 1 heterocycles. The van der Waals surface area contributed by atoms with Crippen LogP contribution in [-0.4, -0.2) is 27.5 Å². The fourth-order valence-electron chi connectivity index (χ4n) is 3.81. The number of carbonyl (C=O) groups is 1. The van der Waals surface area contributed by atoms with Gasteiger partial charge in [-0.25, -0.2) is 13.1 Å². The van der Waals surface area contributed by atoms with Crippen molar-refractivity contribution in [3.05, 3.63) is 89.5 Å². The zero-order chi connectivity index (χ0) is 22.0. The zero-order valence-corrected chi connectivity index (χ0v) is 18.2. The van der Waals surface area contributed by atoms with Crippen LogP contribution in [0.1, 0.15) is 28.4 Å². The number of amides is 1. The molecule has 1 aliphatic heterocycles. The summed E-state index contributed by atoms with van der Waals surface area (Å²) in [6.45, 7) is 2.15. The summed E-state index contributed by atoms with van der Waals surface area (Å²) < 4.78 is 33.0. The first-order valence-electron chi connectivity index (χ1n) is 10.0. The van der Waals surface area contributed by atoms with Crippen molar-refractivity contribution in [3.8, 4) is 5.75 Å². The molecule has 0 saturated carbocycles. The van der Waals surface area contributed by atoms with Gasteiger partial charge in [-0.05, 0) is 66.9 Å². The molecule has 1 N–H and O–H groups in total. The number of hydrogen-bond donors (Lipinski definition) is 1. The molecule has 1 amide bonds. The molecule has 1 atom stereocenters. The van der Waals surface area contributed by atoms with Gasteiger partial charge in [-0.15, -0.1) is 0 Å². The molecule has 7 heteroatoms. The highest BCUT2D eigenvalue weighted by Gasteiger charge is 2.31. The van der Waals surface area contributed by atoms with E-state index >= 15 is 0 Å². The lowest BCUT2D eigenvalue weighted by atomic mass is 10.1. The number of nitrogens with one attached hydrogen (secondary N) is 1. The molecule has 0 fully saturated rings. The maximum absolute atomic E-state index is 13.1. The monoisotopic (exact) mass is 436 g/mol. The molecule has 4 rings (SSSR count). The van der Waals surface area contributed by atoms with Crippen molar-refractivity contribution >= 4 is 21.6 Å². The Kier molecular flexibility index (Phi) is 5.80. The maximum Gasteiger partial charge on any atom is 0.258 e. The maximum atomic E-state index is 13.1. The number of anilines is 1. The minimum absolute atomic E-state index is 0.0361. The number of ether oxygens (including phenoxy) is 1. The van der Waals surface area contributed by atoms with Crippen LogP contribution >= 0.6 is 0 Å². The molecule has 31 heavy (non-hydrogen) atoms. The minimum atomic E-state index is -3.67. The first-order chi connectivity index (χ1) is 14.9. The van der Waals surface area contributed by atoms with Crippen LogP contribution in [0.15, 0.2) is 77.7 Å². The van der Waals surface area contributed by atoms with E-state index in [0.717, 1.165) is 23.2 Å². The van der Waals surface area contributed by atoms with Crippen LogP contribution in [0.25, 0.3) is 0 Å². The number of rotatable bonds is 6. The van der Waals surface area contributed by atoms with Crippen molar-refractivity contribution in [3.63, 3.8) is 0 Å². The van der Waals surface area contributed by atoms with Gasteiger partial charge in [-0.1, -0.05) is 30.3 Å². The highest BCUT2D eigenvalue weighted by Crippen LogP contribution is 2.34. The van der Waals surface area contributed by atoms with E-state index in [0.29, 0.717) is 11.3 Å². The van der Waals surface area contributed by atoms with Crippen molar-refractivity contribution in [2.24, 2.45) is 0 Å². The van der Waals surface area contributed by atoms with Crippen molar-refractivity contribution in [1.82, 2.24) is 4.72 Å². The largest absolute Gasteiger partial charge is 0.497 e. The quantitative estimate of drug-likeness (QED) is 0.638. The van der Waals surface area contributed by atoms with Crippen LogP contribution in [0.3, 0.4) is 0 Å². The summed E-state index contributed by atoms with van der Waals surface area (Å²) in [4.78, 5) is 15.1. The fourth-order valence-corrected chi connectivity index (χ4v) is 4.83. The Hall–Kier alpha value is -3.16. The molecular weight excluding hydrogens is 412 g/mol. The standard InChI is InChI=1S/C24H24N2O4S/c1-17-14-20-9-8-18(15-23(20)26(17)24(27)19-6-4-3-5-7-19)16-25-31(28,29)22-12-10-21(30-2)11-13-22/h3-13,15,17,25H,14,16H2,1-2H3/t17-/m0/s1. The Morgan fingerprint density at radius 3 is 2.45 bits per heavy atom. The molecule has 0 radical (unpaired) electrons. The topological polar surface area (TPSA) is 75.7 Å². The predicted octanol–water partition coefficient (Wildman–Crippen LogP) is 3.77. The van der Waals surface area contributed by atoms with E-state index in [1.807, 2.05) is 43.3 Å². The van der Waals surface area contributed by atoms with Crippen LogP contribution < -0.4 is 14.4 Å². The van der Waals surface area contributed by atoms with E-state index in [2.05, 4.69) is 4.72 Å². The van der Waals surface area contributed by atoms with Crippen LogP contribution in [0.2, 0.25) is 0 Å². The summed E-state index contributed by atoms with van der Waals surface area (Å²) in [5.41, 5.74) is 3.34. The van der Waals surface area contributed by atoms with Crippen molar-refractivity contribution < 1.29 is 17.9 Å². The average molecular weight is 437 g/mol. The third kappa shape index (κ3) is 4.33. The number of fused-ring (bicyclic) bond motifs is 1. The van der Waals surface area contributed by atoms with Gasteiger partial charge in [0.15, 0.2) is 0 Å². The molecular formula is C24H24N2O4S. The summed E-state index contributed by atoms with van der Waals surface area (Å²) in [7, 11) is -2.14. The second kappa shape index (κ2) is 8.53. The minimum Gasteiger partial charge on any atom is -0.497 e. The molecule has 3 aromatic rings. The fraction of sp³-hybridized carbons (Fsp3) is 0.208. The van der Waals surface area contributed by atoms with Crippen LogP contribution in [0.5, 0.6) is 5.75 Å². The molecule has 0 spiro atoms. The Morgan fingerprint density at radius 1 is 1.06 bits per heavy atom. The lowest BCUT2D eigenvalue weighted by molar-refractivity contribution is 0.0981. The highest BCUT2D eigenvalue weighted by molar-refractivity contribution is 7.89. The average Bonchev–Trinajstić information content (AvgIpc) is 3.12. The molecule has 1 aliphatic rings. The van der Waals surface area contributed by atoms with Gasteiger partial charge in [0.05, 0.1) is 12.0 Å². The summed E-state index contributed by atoms with van der Waals surface area (Å²) in [6.07, 6.45) is 0.770. The van der Waals surface area contributed by atoms with E-state index in [1.165, 1.54) is 19.2 Å². The normalized spacial score (nSPS) is 15.5. The molecule has 0 bridgehead atoms. The van der Waals surface area contributed by atoms with Crippen molar-refractivity contribution in [2.75, 3.05) is 12.0 Å². The summed E-state index contributed by atoms with van der Waals surface area (Å²) in [6, 6.07) is 21.2. The van der Waals surface area contributed by atoms with E-state index in [9.17, 15) is 13.2 Å². The molecule has 0 saturated heterocycles. The Bertz CT molecular complexity index is 1190. The van der Waals surface area contributed by atoms with Gasteiger partial charge < -0.3 is 9.64 Å². The second-order valence-electron chi connectivity index (χ2n) is 7.56. The van der Waals surface area contributed by atoms with Crippen LogP contribution in [0, 0.1) is 0 Å². The summed E-state index contributed by atoms with van der Waals surface area (Å²) in [5, 5.41) is 0. The van der Waals surface area contributed by atoms with Gasteiger partial charge in [0, 0.05) is 23.8 Å². The van der Waals surface area contributed by atoms with E-state index < -0.39 is 10.0 Å². The molecule has 6 nitrogen and oxygen atoms in total. The second-order valence-corrected chi connectivity index (χ2v) is 9.32. The first kappa shape index (κ1) is 21.1. The van der Waals surface area contributed by atoms with E-state index in [4.69, 9.17) is 4.74 Å². The molecule has 0 aliphatic carbocycles. The first-order valence-corrected chi connectivity index (χ1v) is 11.5. The van der Waals surface area contributed by atoms with Crippen molar-refractivity contribution in [1.29, 1.82) is 0 Å². The van der Waals surface area contributed by atoms with Crippen molar-refractivity contribution in [2.45, 2.75) is 30.8 Å². The van der Waals surface area contributed by atoms with Crippen LogP contribution in [0.4, 0.5) is 5.69 Å². The molecule has 0 unspecified atom stereocenters. The number of carbonyl (C=O) groups excluding carboxylic acids is 1. The van der Waals surface area contributed by atoms with Gasteiger partial charge in [0.1, 0.15) is 5.75 Å². The third-order valence-corrected chi connectivity index (χ3v) is 6.86. The van der Waals surface area contributed by atoms with E-state index in [-0.39, 0.29) is 23.4 Å². The molecule has 0 aromatic heterocycles. The lowest BCUT2D eigenvalue weighted by Gasteiger charge is -2.23.